The SMILES string of the molecule is C/C(=C\[C@@H](C(C)C)N(C)C(=O)[C@@H](NC(=O)[C@H]1NCc2c(c3ccccc3n2C)C1(C)C)C(C)(C)C)C(=O)O. The Morgan fingerprint density at radius 3 is 2.37 bits per heavy atom. The fourth-order valence-corrected chi connectivity index (χ4v) is 5.69. The third kappa shape index (κ3) is 5.37. The number of para-hydroxylation sites is 1. The molecule has 1 aliphatic heterocycles. The smallest absolute Gasteiger partial charge is 0.331 e. The van der Waals surface area contributed by atoms with Gasteiger partial charge in [0, 0.05) is 48.2 Å². The molecule has 0 fully saturated rings. The van der Waals surface area contributed by atoms with Gasteiger partial charge in [0.1, 0.15) is 6.04 Å². The number of carboxylic acid groups (broad SMARTS) is 1. The summed E-state index contributed by atoms with van der Waals surface area (Å²) in [6.45, 7) is 15.9. The molecular formula is C30H44N4O4. The van der Waals surface area contributed by atoms with Gasteiger partial charge in [-0.05, 0) is 29.9 Å². The molecule has 2 amide bonds. The van der Waals surface area contributed by atoms with Crippen molar-refractivity contribution in [3.8, 4) is 0 Å². The molecule has 8 nitrogen and oxygen atoms in total. The molecule has 2 aromatic rings. The molecule has 3 atom stereocenters. The summed E-state index contributed by atoms with van der Waals surface area (Å²) in [7, 11) is 3.73. The zero-order valence-electron chi connectivity index (χ0n) is 24.5. The first-order valence-corrected chi connectivity index (χ1v) is 13.3. The van der Waals surface area contributed by atoms with Crippen molar-refractivity contribution >= 4 is 28.7 Å². The molecule has 0 bridgehead atoms. The summed E-state index contributed by atoms with van der Waals surface area (Å²) in [5.74, 6) is -1.51. The second-order valence-corrected chi connectivity index (χ2v) is 12.6. The van der Waals surface area contributed by atoms with Crippen LogP contribution in [-0.2, 0) is 33.4 Å². The number of nitrogens with one attached hydrogen (secondary N) is 2. The summed E-state index contributed by atoms with van der Waals surface area (Å²) in [5, 5.41) is 17.0. The lowest BCUT2D eigenvalue weighted by Gasteiger charge is -2.42. The number of amides is 2. The van der Waals surface area contributed by atoms with E-state index in [-0.39, 0.29) is 23.3 Å². The Labute approximate surface area is 226 Å². The first-order valence-electron chi connectivity index (χ1n) is 13.3. The van der Waals surface area contributed by atoms with Crippen molar-refractivity contribution in [3.05, 3.63) is 47.2 Å². The van der Waals surface area contributed by atoms with Gasteiger partial charge in [-0.2, -0.15) is 0 Å². The number of fused-ring (bicyclic) bond motifs is 3. The third-order valence-electron chi connectivity index (χ3n) is 7.97. The summed E-state index contributed by atoms with van der Waals surface area (Å²) in [6.07, 6.45) is 1.61. The lowest BCUT2D eigenvalue weighted by molar-refractivity contribution is -0.141. The van der Waals surface area contributed by atoms with Crippen LogP contribution in [0.4, 0.5) is 0 Å². The molecule has 0 saturated heterocycles. The van der Waals surface area contributed by atoms with Crippen molar-refractivity contribution in [2.24, 2.45) is 18.4 Å². The van der Waals surface area contributed by atoms with Crippen LogP contribution >= 0.6 is 0 Å². The van der Waals surface area contributed by atoms with Crippen LogP contribution in [0.15, 0.2) is 35.9 Å². The molecule has 3 rings (SSSR count). The van der Waals surface area contributed by atoms with Crippen LogP contribution in [0.5, 0.6) is 0 Å². The molecule has 208 valence electrons. The van der Waals surface area contributed by atoms with Gasteiger partial charge in [0.2, 0.25) is 11.8 Å². The van der Waals surface area contributed by atoms with E-state index < -0.39 is 34.9 Å². The Hall–Kier alpha value is -3.13. The number of aryl methyl sites for hydroxylation is 1. The summed E-state index contributed by atoms with van der Waals surface area (Å²) in [5.41, 5.74) is 2.51. The van der Waals surface area contributed by atoms with E-state index in [4.69, 9.17) is 0 Å². The van der Waals surface area contributed by atoms with E-state index in [0.717, 1.165) is 22.2 Å². The topological polar surface area (TPSA) is 104 Å². The monoisotopic (exact) mass is 524 g/mol. The van der Waals surface area contributed by atoms with E-state index in [0.29, 0.717) is 6.54 Å². The Bertz CT molecular complexity index is 1270. The van der Waals surface area contributed by atoms with Crippen LogP contribution in [0.3, 0.4) is 0 Å². The molecule has 2 heterocycles. The van der Waals surface area contributed by atoms with Gasteiger partial charge in [-0.25, -0.2) is 4.79 Å². The van der Waals surface area contributed by atoms with E-state index >= 15 is 0 Å². The number of rotatable bonds is 7. The second-order valence-electron chi connectivity index (χ2n) is 12.6. The van der Waals surface area contributed by atoms with Crippen molar-refractivity contribution in [1.29, 1.82) is 0 Å². The normalized spacial score (nSPS) is 19.1. The average Bonchev–Trinajstić information content (AvgIpc) is 3.12. The van der Waals surface area contributed by atoms with Gasteiger partial charge >= 0.3 is 5.97 Å². The fourth-order valence-electron chi connectivity index (χ4n) is 5.69. The first kappa shape index (κ1) is 29.4. The van der Waals surface area contributed by atoms with Crippen molar-refractivity contribution in [3.63, 3.8) is 0 Å². The highest BCUT2D eigenvalue weighted by atomic mass is 16.4. The van der Waals surface area contributed by atoms with Crippen molar-refractivity contribution in [1.82, 2.24) is 20.1 Å². The molecule has 3 N–H and O–H groups in total. The van der Waals surface area contributed by atoms with E-state index in [9.17, 15) is 19.5 Å². The number of carboxylic acids is 1. The number of hydrogen-bond donors (Lipinski definition) is 3. The number of likely N-dealkylation sites (N-methyl/N-ethyl adjacent to an activating group) is 1. The van der Waals surface area contributed by atoms with Gasteiger partial charge in [0.25, 0.3) is 0 Å². The van der Waals surface area contributed by atoms with Crippen LogP contribution in [0.1, 0.15) is 66.6 Å². The number of nitrogens with zero attached hydrogens (tertiary/aromatic N) is 2. The maximum Gasteiger partial charge on any atom is 0.331 e. The number of carbonyl (C=O) groups is 3. The van der Waals surface area contributed by atoms with Crippen LogP contribution in [0, 0.1) is 11.3 Å². The minimum Gasteiger partial charge on any atom is -0.478 e. The Balaban J connectivity index is 1.93. The molecule has 0 aliphatic carbocycles. The molecule has 8 heteroatoms. The number of hydrogen-bond acceptors (Lipinski definition) is 4. The predicted octanol–water partition coefficient (Wildman–Crippen LogP) is 3.97. The van der Waals surface area contributed by atoms with E-state index in [1.165, 1.54) is 6.92 Å². The largest absolute Gasteiger partial charge is 0.478 e. The van der Waals surface area contributed by atoms with E-state index in [1.807, 2.05) is 46.8 Å². The zero-order valence-corrected chi connectivity index (χ0v) is 24.5. The Morgan fingerprint density at radius 2 is 1.82 bits per heavy atom. The lowest BCUT2D eigenvalue weighted by atomic mass is 9.73. The van der Waals surface area contributed by atoms with Crippen LogP contribution < -0.4 is 10.6 Å². The first-order chi connectivity index (χ1) is 17.5. The van der Waals surface area contributed by atoms with Gasteiger partial charge in [-0.15, -0.1) is 0 Å². The molecule has 1 aliphatic rings. The molecule has 0 spiro atoms. The average molecular weight is 525 g/mol. The summed E-state index contributed by atoms with van der Waals surface area (Å²) < 4.78 is 2.18. The maximum absolute atomic E-state index is 13.9. The Kier molecular flexibility index (Phi) is 8.18. The van der Waals surface area contributed by atoms with Gasteiger partial charge in [-0.1, -0.05) is 72.7 Å². The minimum absolute atomic E-state index is 0.0155. The lowest BCUT2D eigenvalue weighted by Crippen LogP contribution is -2.63. The summed E-state index contributed by atoms with van der Waals surface area (Å²) in [6, 6.07) is 6.46. The van der Waals surface area contributed by atoms with Crippen LogP contribution in [0.25, 0.3) is 10.9 Å². The molecule has 0 radical (unpaired) electrons. The van der Waals surface area contributed by atoms with Crippen LogP contribution in [-0.4, -0.2) is 57.5 Å². The number of carbonyl (C=O) groups excluding carboxylic acids is 2. The predicted molar refractivity (Wildman–Crippen MR) is 151 cm³/mol. The molecular weight excluding hydrogens is 480 g/mol. The zero-order chi connectivity index (χ0) is 28.7. The molecule has 0 unspecified atom stereocenters. The standard InChI is InChI=1S/C30H44N4O4/c1-17(2)21(15-18(3)28(37)38)34(10)27(36)25(29(4,5)6)32-26(35)24-30(7,8)23-19-13-11-12-14-20(19)33(9)22(23)16-31-24/h11-15,17,21,24-25,31H,16H2,1-10H3,(H,32,35)(H,37,38)/b18-15+/t21-,24+,25+/m0/s1. The van der Waals surface area contributed by atoms with Crippen LogP contribution in [0.2, 0.25) is 0 Å². The minimum atomic E-state index is -1.02. The molecule has 38 heavy (non-hydrogen) atoms. The van der Waals surface area contributed by atoms with Crippen molar-refractivity contribution < 1.29 is 19.5 Å². The quantitative estimate of drug-likeness (QED) is 0.476. The number of aliphatic carboxylic acids is 1. The van der Waals surface area contributed by atoms with Crippen molar-refractivity contribution in [2.45, 2.75) is 85.5 Å². The fraction of sp³-hybridized carbons (Fsp3) is 0.567. The molecule has 1 aromatic carbocycles. The van der Waals surface area contributed by atoms with Gasteiger partial charge in [0.15, 0.2) is 0 Å². The van der Waals surface area contributed by atoms with Gasteiger partial charge < -0.3 is 19.9 Å². The van der Waals surface area contributed by atoms with Gasteiger partial charge in [-0.3, -0.25) is 14.9 Å². The number of aromatic nitrogens is 1. The Morgan fingerprint density at radius 1 is 1.21 bits per heavy atom. The summed E-state index contributed by atoms with van der Waals surface area (Å²) in [4.78, 5) is 40.8. The highest BCUT2D eigenvalue weighted by Gasteiger charge is 2.46. The molecule has 0 saturated carbocycles. The maximum atomic E-state index is 13.9. The highest BCUT2D eigenvalue weighted by molar-refractivity contribution is 5.94. The van der Waals surface area contributed by atoms with Gasteiger partial charge in [0.05, 0.1) is 12.1 Å². The van der Waals surface area contributed by atoms with E-state index in [1.54, 1.807) is 18.0 Å². The second kappa shape index (κ2) is 10.6. The van der Waals surface area contributed by atoms with Crippen molar-refractivity contribution in [2.75, 3.05) is 7.05 Å². The van der Waals surface area contributed by atoms with E-state index in [2.05, 4.69) is 48.2 Å². The third-order valence-corrected chi connectivity index (χ3v) is 7.97. The highest BCUT2D eigenvalue weighted by Crippen LogP contribution is 2.40. The number of benzene rings is 1. The summed E-state index contributed by atoms with van der Waals surface area (Å²) >= 11 is 0. The molecule has 1 aromatic heterocycles.